The average Bonchev–Trinajstić information content (AvgIpc) is 2.32. The van der Waals surface area contributed by atoms with E-state index in [-0.39, 0.29) is 17.6 Å². The SMILES string of the molecule is CN(C(=O)OC1(C)CN(c2cc(Cl)nc(N)n2)C1)C(C)(C)C. The summed E-state index contributed by atoms with van der Waals surface area (Å²) in [4.78, 5) is 23.6. The normalized spacial score (nSPS) is 16.9. The van der Waals surface area contributed by atoms with Crippen LogP contribution in [0.3, 0.4) is 0 Å². The van der Waals surface area contributed by atoms with Gasteiger partial charge in [-0.25, -0.2) is 9.78 Å². The summed E-state index contributed by atoms with van der Waals surface area (Å²) in [6, 6.07) is 1.64. The molecular weight excluding hydrogens is 306 g/mol. The van der Waals surface area contributed by atoms with Crippen molar-refractivity contribution in [1.29, 1.82) is 0 Å². The van der Waals surface area contributed by atoms with Crippen molar-refractivity contribution in [3.8, 4) is 0 Å². The molecule has 0 aliphatic carbocycles. The van der Waals surface area contributed by atoms with Crippen molar-refractivity contribution >= 4 is 29.5 Å². The number of ether oxygens (including phenoxy) is 1. The molecule has 1 aromatic rings. The third-order valence-corrected chi connectivity index (χ3v) is 3.88. The molecule has 0 bridgehead atoms. The van der Waals surface area contributed by atoms with Crippen LogP contribution in [0, 0.1) is 0 Å². The van der Waals surface area contributed by atoms with E-state index in [9.17, 15) is 4.79 Å². The van der Waals surface area contributed by atoms with Gasteiger partial charge in [-0.05, 0) is 27.7 Å². The molecule has 1 amide bonds. The van der Waals surface area contributed by atoms with E-state index in [0.717, 1.165) is 0 Å². The van der Waals surface area contributed by atoms with E-state index in [1.54, 1.807) is 18.0 Å². The van der Waals surface area contributed by atoms with Crippen molar-refractivity contribution in [2.24, 2.45) is 0 Å². The number of anilines is 2. The van der Waals surface area contributed by atoms with Gasteiger partial charge in [0.25, 0.3) is 0 Å². The van der Waals surface area contributed by atoms with Crippen LogP contribution in [0.1, 0.15) is 27.7 Å². The second-order valence-electron chi connectivity index (χ2n) is 6.81. The predicted molar refractivity (Wildman–Crippen MR) is 86.1 cm³/mol. The maximum Gasteiger partial charge on any atom is 0.410 e. The highest BCUT2D eigenvalue weighted by Crippen LogP contribution is 2.31. The molecule has 0 saturated carbocycles. The topological polar surface area (TPSA) is 84.6 Å². The number of nitrogens with two attached hydrogens (primary N) is 1. The maximum absolute atomic E-state index is 12.2. The van der Waals surface area contributed by atoms with Gasteiger partial charge in [-0.3, -0.25) is 0 Å². The van der Waals surface area contributed by atoms with Crippen LogP contribution >= 0.6 is 11.6 Å². The number of amides is 1. The van der Waals surface area contributed by atoms with E-state index in [2.05, 4.69) is 9.97 Å². The quantitative estimate of drug-likeness (QED) is 0.838. The lowest BCUT2D eigenvalue weighted by Crippen LogP contribution is -2.63. The summed E-state index contributed by atoms with van der Waals surface area (Å²) < 4.78 is 5.61. The molecule has 2 N–H and O–H groups in total. The summed E-state index contributed by atoms with van der Waals surface area (Å²) in [5.74, 6) is 0.760. The Morgan fingerprint density at radius 2 is 2.05 bits per heavy atom. The van der Waals surface area contributed by atoms with E-state index in [0.29, 0.717) is 24.1 Å². The predicted octanol–water partition coefficient (Wildman–Crippen LogP) is 2.16. The van der Waals surface area contributed by atoms with Crippen molar-refractivity contribution in [3.05, 3.63) is 11.2 Å². The Hall–Kier alpha value is -1.76. The molecule has 122 valence electrons. The summed E-state index contributed by atoms with van der Waals surface area (Å²) in [5, 5.41) is 0.292. The zero-order valence-electron chi connectivity index (χ0n) is 13.6. The van der Waals surface area contributed by atoms with Gasteiger partial charge in [0, 0.05) is 18.7 Å². The molecular formula is C14H22ClN5O2. The van der Waals surface area contributed by atoms with Crippen LogP contribution in [-0.4, -0.2) is 52.2 Å². The van der Waals surface area contributed by atoms with E-state index in [4.69, 9.17) is 22.1 Å². The first kappa shape index (κ1) is 16.6. The summed E-state index contributed by atoms with van der Waals surface area (Å²) in [5.41, 5.74) is 4.75. The van der Waals surface area contributed by atoms with Crippen molar-refractivity contribution in [2.45, 2.75) is 38.8 Å². The van der Waals surface area contributed by atoms with Crippen molar-refractivity contribution in [2.75, 3.05) is 30.8 Å². The Bertz CT molecular complexity index is 561. The molecule has 0 atom stereocenters. The number of halogens is 1. The lowest BCUT2D eigenvalue weighted by molar-refractivity contribution is -0.0232. The maximum atomic E-state index is 12.2. The number of carbonyl (C=O) groups is 1. The van der Waals surface area contributed by atoms with Gasteiger partial charge in [-0.15, -0.1) is 0 Å². The molecule has 0 spiro atoms. The van der Waals surface area contributed by atoms with Gasteiger partial charge in [0.2, 0.25) is 5.95 Å². The summed E-state index contributed by atoms with van der Waals surface area (Å²) in [7, 11) is 1.73. The lowest BCUT2D eigenvalue weighted by Gasteiger charge is -2.48. The molecule has 0 radical (unpaired) electrons. The Morgan fingerprint density at radius 1 is 1.45 bits per heavy atom. The monoisotopic (exact) mass is 327 g/mol. The lowest BCUT2D eigenvalue weighted by atomic mass is 9.96. The van der Waals surface area contributed by atoms with Crippen LogP contribution in [0.4, 0.5) is 16.6 Å². The number of hydrogen-bond donors (Lipinski definition) is 1. The van der Waals surface area contributed by atoms with Gasteiger partial charge in [-0.2, -0.15) is 4.98 Å². The van der Waals surface area contributed by atoms with Crippen LogP contribution in [0.2, 0.25) is 5.15 Å². The second-order valence-corrected chi connectivity index (χ2v) is 7.20. The minimum Gasteiger partial charge on any atom is -0.439 e. The van der Waals surface area contributed by atoms with Crippen LogP contribution < -0.4 is 10.6 Å². The average molecular weight is 328 g/mol. The third kappa shape index (κ3) is 3.52. The Morgan fingerprint density at radius 3 is 2.55 bits per heavy atom. The fraction of sp³-hybridized carbons (Fsp3) is 0.643. The Kier molecular flexibility index (Phi) is 4.12. The van der Waals surface area contributed by atoms with Crippen LogP contribution in [0.15, 0.2) is 6.07 Å². The molecule has 22 heavy (non-hydrogen) atoms. The minimum atomic E-state index is -0.553. The van der Waals surface area contributed by atoms with Crippen LogP contribution in [-0.2, 0) is 4.74 Å². The molecule has 7 nitrogen and oxygen atoms in total. The van der Waals surface area contributed by atoms with Crippen LogP contribution in [0.25, 0.3) is 0 Å². The highest BCUT2D eigenvalue weighted by Gasteiger charge is 2.44. The molecule has 0 unspecified atom stereocenters. The zero-order chi connectivity index (χ0) is 16.7. The molecule has 2 rings (SSSR count). The smallest absolute Gasteiger partial charge is 0.410 e. The standard InChI is InChI=1S/C14H22ClN5O2/c1-13(2,3)19(5)12(21)22-14(4)7-20(8-14)10-6-9(15)17-11(16)18-10/h6H,7-8H2,1-5H3,(H2,16,17,18). The van der Waals surface area contributed by atoms with E-state index in [1.165, 1.54) is 0 Å². The van der Waals surface area contributed by atoms with E-state index >= 15 is 0 Å². The first-order chi connectivity index (χ1) is 10.00. The Balaban J connectivity index is 1.98. The second kappa shape index (κ2) is 5.46. The van der Waals surface area contributed by atoms with Gasteiger partial charge in [0.05, 0.1) is 13.1 Å². The van der Waals surface area contributed by atoms with Crippen molar-refractivity contribution in [1.82, 2.24) is 14.9 Å². The van der Waals surface area contributed by atoms with Crippen molar-refractivity contribution in [3.63, 3.8) is 0 Å². The van der Waals surface area contributed by atoms with Gasteiger partial charge in [0.15, 0.2) is 0 Å². The molecule has 2 heterocycles. The molecule has 1 aliphatic heterocycles. The molecule has 8 heteroatoms. The molecule has 1 fully saturated rings. The number of rotatable bonds is 2. The first-order valence-electron chi connectivity index (χ1n) is 7.02. The first-order valence-corrected chi connectivity index (χ1v) is 7.40. The highest BCUT2D eigenvalue weighted by molar-refractivity contribution is 6.29. The van der Waals surface area contributed by atoms with Gasteiger partial charge >= 0.3 is 6.09 Å². The summed E-state index contributed by atoms with van der Waals surface area (Å²) in [6.45, 7) is 8.82. The summed E-state index contributed by atoms with van der Waals surface area (Å²) >= 11 is 5.87. The Labute approximate surface area is 135 Å². The fourth-order valence-corrected chi connectivity index (χ4v) is 2.31. The molecule has 1 aromatic heterocycles. The molecule has 1 aliphatic rings. The summed E-state index contributed by atoms with van der Waals surface area (Å²) in [6.07, 6.45) is -0.338. The third-order valence-electron chi connectivity index (χ3n) is 3.69. The number of carbonyl (C=O) groups excluding carboxylic acids is 1. The fourth-order valence-electron chi connectivity index (χ4n) is 2.13. The number of nitrogen functional groups attached to an aromatic ring is 1. The van der Waals surface area contributed by atoms with Crippen LogP contribution in [0.5, 0.6) is 0 Å². The number of hydrogen-bond acceptors (Lipinski definition) is 6. The number of nitrogens with zero attached hydrogens (tertiary/aromatic N) is 4. The number of aromatic nitrogens is 2. The highest BCUT2D eigenvalue weighted by atomic mass is 35.5. The van der Waals surface area contributed by atoms with Crippen molar-refractivity contribution < 1.29 is 9.53 Å². The van der Waals surface area contributed by atoms with E-state index < -0.39 is 5.60 Å². The largest absolute Gasteiger partial charge is 0.439 e. The molecule has 1 saturated heterocycles. The minimum absolute atomic E-state index is 0.126. The van der Waals surface area contributed by atoms with E-state index in [1.807, 2.05) is 32.6 Å². The van der Waals surface area contributed by atoms with Gasteiger partial charge in [-0.1, -0.05) is 11.6 Å². The van der Waals surface area contributed by atoms with Gasteiger partial charge in [0.1, 0.15) is 16.6 Å². The van der Waals surface area contributed by atoms with Gasteiger partial charge < -0.3 is 20.3 Å². The zero-order valence-corrected chi connectivity index (χ0v) is 14.3. The molecule has 0 aromatic carbocycles.